The Bertz CT molecular complexity index is 354. The third-order valence-electron chi connectivity index (χ3n) is 4.01. The summed E-state index contributed by atoms with van der Waals surface area (Å²) in [5, 5.41) is 9.84. The van der Waals surface area contributed by atoms with Crippen LogP contribution in [-0.4, -0.2) is 34.2 Å². The van der Waals surface area contributed by atoms with Crippen LogP contribution in [0.25, 0.3) is 0 Å². The quantitative estimate of drug-likeness (QED) is 0.812. The summed E-state index contributed by atoms with van der Waals surface area (Å²) in [6.45, 7) is 3.11. The highest BCUT2D eigenvalue weighted by atomic mass is 16.3. The van der Waals surface area contributed by atoms with Crippen LogP contribution >= 0.6 is 0 Å². The van der Waals surface area contributed by atoms with Gasteiger partial charge in [-0.25, -0.2) is 0 Å². The SMILES string of the molecule is OC1CCC2CN(Cc3ccccn3)CC12. The predicted octanol–water partition coefficient (Wildman–Crippen LogP) is 1.28. The Morgan fingerprint density at radius 2 is 2.25 bits per heavy atom. The highest BCUT2D eigenvalue weighted by Gasteiger charge is 2.41. The third kappa shape index (κ3) is 1.85. The Morgan fingerprint density at radius 1 is 1.31 bits per heavy atom. The van der Waals surface area contributed by atoms with Gasteiger partial charge in [0, 0.05) is 31.7 Å². The van der Waals surface area contributed by atoms with Crippen LogP contribution in [0.15, 0.2) is 24.4 Å². The van der Waals surface area contributed by atoms with Crippen LogP contribution in [0.3, 0.4) is 0 Å². The number of hydrogen-bond donors (Lipinski definition) is 1. The minimum absolute atomic E-state index is 0.0567. The second kappa shape index (κ2) is 4.15. The molecule has 1 aliphatic carbocycles. The van der Waals surface area contributed by atoms with Crippen LogP contribution in [0.4, 0.5) is 0 Å². The van der Waals surface area contributed by atoms with E-state index < -0.39 is 0 Å². The van der Waals surface area contributed by atoms with Crippen LogP contribution in [-0.2, 0) is 6.54 Å². The molecule has 1 aromatic rings. The standard InChI is InChI=1S/C13H18N2O/c16-13-5-4-10-7-15(9-12(10)13)8-11-3-1-2-6-14-11/h1-3,6,10,12-13,16H,4-5,7-9H2. The topological polar surface area (TPSA) is 36.4 Å². The van der Waals surface area contributed by atoms with Crippen LogP contribution < -0.4 is 0 Å². The van der Waals surface area contributed by atoms with E-state index in [0.717, 1.165) is 37.7 Å². The van der Waals surface area contributed by atoms with Crippen molar-refractivity contribution in [2.45, 2.75) is 25.5 Å². The lowest BCUT2D eigenvalue weighted by Crippen LogP contribution is -2.24. The number of aliphatic hydroxyl groups is 1. The largest absolute Gasteiger partial charge is 0.393 e. The molecule has 1 aromatic heterocycles. The van der Waals surface area contributed by atoms with Gasteiger partial charge in [-0.1, -0.05) is 6.07 Å². The fourth-order valence-electron chi connectivity index (χ4n) is 3.18. The Kier molecular flexibility index (Phi) is 2.65. The Morgan fingerprint density at radius 3 is 3.00 bits per heavy atom. The van der Waals surface area contributed by atoms with Crippen molar-refractivity contribution in [1.29, 1.82) is 0 Å². The molecule has 86 valence electrons. The van der Waals surface area contributed by atoms with Crippen LogP contribution in [0, 0.1) is 11.8 Å². The fraction of sp³-hybridized carbons (Fsp3) is 0.615. The molecule has 0 aromatic carbocycles. The molecule has 0 bridgehead atoms. The van der Waals surface area contributed by atoms with Crippen molar-refractivity contribution in [2.24, 2.45) is 11.8 Å². The van der Waals surface area contributed by atoms with Crippen LogP contribution in [0.1, 0.15) is 18.5 Å². The molecular formula is C13H18N2O. The molecule has 1 saturated heterocycles. The van der Waals surface area contributed by atoms with Gasteiger partial charge in [0.2, 0.25) is 0 Å². The molecule has 2 heterocycles. The van der Waals surface area contributed by atoms with E-state index >= 15 is 0 Å². The lowest BCUT2D eigenvalue weighted by atomic mass is 10.00. The highest BCUT2D eigenvalue weighted by Crippen LogP contribution is 2.38. The van der Waals surface area contributed by atoms with Gasteiger partial charge >= 0.3 is 0 Å². The predicted molar refractivity (Wildman–Crippen MR) is 61.7 cm³/mol. The van der Waals surface area contributed by atoms with Gasteiger partial charge in [0.25, 0.3) is 0 Å². The van der Waals surface area contributed by atoms with E-state index in [1.807, 2.05) is 18.3 Å². The van der Waals surface area contributed by atoms with E-state index in [1.165, 1.54) is 6.42 Å². The number of pyridine rings is 1. The molecule has 3 heteroatoms. The van der Waals surface area contributed by atoms with Crippen molar-refractivity contribution in [3.05, 3.63) is 30.1 Å². The summed E-state index contributed by atoms with van der Waals surface area (Å²) in [7, 11) is 0. The maximum atomic E-state index is 9.84. The van der Waals surface area contributed by atoms with E-state index in [0.29, 0.717) is 5.92 Å². The van der Waals surface area contributed by atoms with E-state index in [9.17, 15) is 5.11 Å². The van der Waals surface area contributed by atoms with E-state index in [4.69, 9.17) is 0 Å². The number of aromatic nitrogens is 1. The number of aliphatic hydroxyl groups excluding tert-OH is 1. The highest BCUT2D eigenvalue weighted by molar-refractivity contribution is 5.04. The van der Waals surface area contributed by atoms with Gasteiger partial charge in [0.1, 0.15) is 0 Å². The van der Waals surface area contributed by atoms with E-state index in [-0.39, 0.29) is 6.10 Å². The first-order valence-corrected chi connectivity index (χ1v) is 6.13. The smallest absolute Gasteiger partial charge is 0.0583 e. The molecular weight excluding hydrogens is 200 g/mol. The molecule has 3 rings (SSSR count). The molecule has 1 saturated carbocycles. The average Bonchev–Trinajstić information content (AvgIpc) is 2.83. The lowest BCUT2D eigenvalue weighted by molar-refractivity contribution is 0.123. The Balaban J connectivity index is 1.63. The maximum absolute atomic E-state index is 9.84. The van der Waals surface area contributed by atoms with Crippen molar-refractivity contribution >= 4 is 0 Å². The third-order valence-corrected chi connectivity index (χ3v) is 4.01. The zero-order valence-electron chi connectivity index (χ0n) is 9.42. The molecule has 2 aliphatic rings. The summed E-state index contributed by atoms with van der Waals surface area (Å²) < 4.78 is 0. The monoisotopic (exact) mass is 218 g/mol. The summed E-state index contributed by atoms with van der Waals surface area (Å²) in [4.78, 5) is 6.78. The second-order valence-corrected chi connectivity index (χ2v) is 5.08. The van der Waals surface area contributed by atoms with Gasteiger partial charge in [0.05, 0.1) is 11.8 Å². The molecule has 1 aliphatic heterocycles. The number of hydrogen-bond acceptors (Lipinski definition) is 3. The number of likely N-dealkylation sites (tertiary alicyclic amines) is 1. The lowest BCUT2D eigenvalue weighted by Gasteiger charge is -2.17. The molecule has 2 fully saturated rings. The maximum Gasteiger partial charge on any atom is 0.0583 e. The van der Waals surface area contributed by atoms with Gasteiger partial charge in [-0.15, -0.1) is 0 Å². The van der Waals surface area contributed by atoms with Crippen LogP contribution in [0.2, 0.25) is 0 Å². The fourth-order valence-corrected chi connectivity index (χ4v) is 3.18. The summed E-state index contributed by atoms with van der Waals surface area (Å²) in [6, 6.07) is 6.06. The number of nitrogens with zero attached hydrogens (tertiary/aromatic N) is 2. The van der Waals surface area contributed by atoms with Crippen LogP contribution in [0.5, 0.6) is 0 Å². The molecule has 1 N–H and O–H groups in total. The normalized spacial score (nSPS) is 34.2. The molecule has 3 unspecified atom stereocenters. The second-order valence-electron chi connectivity index (χ2n) is 5.08. The summed E-state index contributed by atoms with van der Waals surface area (Å²) in [6.07, 6.45) is 4.00. The molecule has 16 heavy (non-hydrogen) atoms. The van der Waals surface area contributed by atoms with Crippen molar-refractivity contribution in [2.75, 3.05) is 13.1 Å². The van der Waals surface area contributed by atoms with Crippen molar-refractivity contribution in [3.63, 3.8) is 0 Å². The van der Waals surface area contributed by atoms with E-state index in [1.54, 1.807) is 0 Å². The number of rotatable bonds is 2. The summed E-state index contributed by atoms with van der Waals surface area (Å²) >= 11 is 0. The Hall–Kier alpha value is -0.930. The first-order chi connectivity index (χ1) is 7.83. The minimum atomic E-state index is -0.0567. The molecule has 3 atom stereocenters. The van der Waals surface area contributed by atoms with Gasteiger partial charge < -0.3 is 5.11 Å². The molecule has 0 amide bonds. The molecule has 3 nitrogen and oxygen atoms in total. The average molecular weight is 218 g/mol. The summed E-state index contributed by atoms with van der Waals surface area (Å²) in [5.74, 6) is 1.24. The van der Waals surface area contributed by atoms with Crippen molar-refractivity contribution in [3.8, 4) is 0 Å². The van der Waals surface area contributed by atoms with Gasteiger partial charge in [0.15, 0.2) is 0 Å². The number of fused-ring (bicyclic) bond motifs is 1. The Labute approximate surface area is 96.1 Å². The first kappa shape index (κ1) is 10.2. The van der Waals surface area contributed by atoms with Gasteiger partial charge in [-0.2, -0.15) is 0 Å². The van der Waals surface area contributed by atoms with Gasteiger partial charge in [-0.3, -0.25) is 9.88 Å². The van der Waals surface area contributed by atoms with Crippen molar-refractivity contribution in [1.82, 2.24) is 9.88 Å². The summed E-state index contributed by atoms with van der Waals surface area (Å²) in [5.41, 5.74) is 1.14. The van der Waals surface area contributed by atoms with Gasteiger partial charge in [-0.05, 0) is 30.9 Å². The van der Waals surface area contributed by atoms with E-state index in [2.05, 4.69) is 16.0 Å². The minimum Gasteiger partial charge on any atom is -0.393 e. The first-order valence-electron chi connectivity index (χ1n) is 6.13. The molecule has 0 radical (unpaired) electrons. The molecule has 0 spiro atoms. The zero-order valence-corrected chi connectivity index (χ0v) is 9.42. The zero-order chi connectivity index (χ0) is 11.0. The van der Waals surface area contributed by atoms with Crippen molar-refractivity contribution < 1.29 is 5.11 Å².